The van der Waals surface area contributed by atoms with Gasteiger partial charge in [0.2, 0.25) is 5.88 Å². The van der Waals surface area contributed by atoms with Crippen LogP contribution < -0.4 is 10.5 Å². The molecule has 2 aromatic rings. The molecule has 0 saturated heterocycles. The van der Waals surface area contributed by atoms with E-state index in [4.69, 9.17) is 10.5 Å². The standard InChI is InChI=1S/C14H16N2O2S/c1-10-8-11(15)6-7-13(10)19(17)9-12-4-3-5-14(16-12)18-2/h3-8H,9,15H2,1-2H3. The average molecular weight is 276 g/mol. The van der Waals surface area contributed by atoms with Crippen molar-refractivity contribution < 1.29 is 8.95 Å². The van der Waals surface area contributed by atoms with E-state index in [9.17, 15) is 4.21 Å². The lowest BCUT2D eigenvalue weighted by molar-refractivity contribution is 0.397. The van der Waals surface area contributed by atoms with Gasteiger partial charge in [-0.15, -0.1) is 0 Å². The van der Waals surface area contributed by atoms with E-state index in [2.05, 4.69) is 4.98 Å². The summed E-state index contributed by atoms with van der Waals surface area (Å²) in [6.07, 6.45) is 0. The Kier molecular flexibility index (Phi) is 4.16. The Hall–Kier alpha value is -1.88. The first-order valence-electron chi connectivity index (χ1n) is 5.84. The Morgan fingerprint density at radius 1 is 1.32 bits per heavy atom. The van der Waals surface area contributed by atoms with E-state index in [1.54, 1.807) is 25.3 Å². The van der Waals surface area contributed by atoms with Crippen molar-refractivity contribution >= 4 is 16.5 Å². The maximum Gasteiger partial charge on any atom is 0.213 e. The average Bonchev–Trinajstić information content (AvgIpc) is 2.38. The molecule has 1 unspecified atom stereocenters. The molecule has 0 aliphatic carbocycles. The van der Waals surface area contributed by atoms with E-state index in [0.717, 1.165) is 16.2 Å². The molecule has 1 aromatic heterocycles. The maximum absolute atomic E-state index is 12.3. The number of nitrogen functional groups attached to an aromatic ring is 1. The molecule has 5 heteroatoms. The monoisotopic (exact) mass is 276 g/mol. The van der Waals surface area contributed by atoms with Crippen molar-refractivity contribution in [2.24, 2.45) is 0 Å². The first-order chi connectivity index (χ1) is 9.10. The quantitative estimate of drug-likeness (QED) is 0.870. The third-order valence-electron chi connectivity index (χ3n) is 2.71. The summed E-state index contributed by atoms with van der Waals surface area (Å²) in [6.45, 7) is 1.91. The molecule has 0 bridgehead atoms. The van der Waals surface area contributed by atoms with E-state index >= 15 is 0 Å². The topological polar surface area (TPSA) is 65.2 Å². The van der Waals surface area contributed by atoms with Crippen LogP contribution in [0.5, 0.6) is 5.88 Å². The lowest BCUT2D eigenvalue weighted by Gasteiger charge is -2.07. The number of aromatic nitrogens is 1. The molecule has 1 atom stereocenters. The normalized spacial score (nSPS) is 12.1. The van der Waals surface area contributed by atoms with Crippen LogP contribution >= 0.6 is 0 Å². The van der Waals surface area contributed by atoms with E-state index in [1.165, 1.54) is 0 Å². The minimum Gasteiger partial charge on any atom is -0.481 e. The van der Waals surface area contributed by atoms with E-state index in [-0.39, 0.29) is 0 Å². The van der Waals surface area contributed by atoms with Gasteiger partial charge in [0.15, 0.2) is 0 Å². The molecule has 0 aliphatic rings. The molecule has 2 rings (SSSR count). The van der Waals surface area contributed by atoms with Gasteiger partial charge in [-0.2, -0.15) is 0 Å². The fourth-order valence-electron chi connectivity index (χ4n) is 1.79. The number of anilines is 1. The van der Waals surface area contributed by atoms with Gasteiger partial charge in [-0.3, -0.25) is 4.21 Å². The number of methoxy groups -OCH3 is 1. The zero-order valence-electron chi connectivity index (χ0n) is 10.9. The number of nitrogens with zero attached hydrogens (tertiary/aromatic N) is 1. The fourth-order valence-corrected chi connectivity index (χ4v) is 3.01. The third-order valence-corrected chi connectivity index (χ3v) is 4.22. The van der Waals surface area contributed by atoms with Crippen LogP contribution in [0.2, 0.25) is 0 Å². The predicted molar refractivity (Wildman–Crippen MR) is 76.5 cm³/mol. The minimum absolute atomic E-state index is 0.363. The number of hydrogen-bond acceptors (Lipinski definition) is 4. The second-order valence-corrected chi connectivity index (χ2v) is 5.61. The summed E-state index contributed by atoms with van der Waals surface area (Å²) in [4.78, 5) is 5.05. The van der Waals surface area contributed by atoms with Gasteiger partial charge >= 0.3 is 0 Å². The SMILES string of the molecule is COc1cccc(CS(=O)c2ccc(N)cc2C)n1. The van der Waals surface area contributed by atoms with Gasteiger partial charge < -0.3 is 10.5 Å². The van der Waals surface area contributed by atoms with Crippen LogP contribution in [0.15, 0.2) is 41.3 Å². The highest BCUT2D eigenvalue weighted by molar-refractivity contribution is 7.84. The molecule has 100 valence electrons. The lowest BCUT2D eigenvalue weighted by atomic mass is 10.2. The largest absolute Gasteiger partial charge is 0.481 e. The first kappa shape index (κ1) is 13.5. The van der Waals surface area contributed by atoms with Crippen molar-refractivity contribution in [2.45, 2.75) is 17.6 Å². The zero-order chi connectivity index (χ0) is 13.8. The van der Waals surface area contributed by atoms with E-state index < -0.39 is 10.8 Å². The van der Waals surface area contributed by atoms with E-state index in [1.807, 2.05) is 25.1 Å². The number of hydrogen-bond donors (Lipinski definition) is 1. The van der Waals surface area contributed by atoms with Crippen molar-refractivity contribution in [1.82, 2.24) is 4.98 Å². The second-order valence-electron chi connectivity index (χ2n) is 4.19. The molecule has 0 radical (unpaired) electrons. The summed E-state index contributed by atoms with van der Waals surface area (Å²) in [5.74, 6) is 0.894. The van der Waals surface area contributed by atoms with Gasteiger partial charge in [-0.1, -0.05) is 6.07 Å². The predicted octanol–water partition coefficient (Wildman–Crippen LogP) is 2.29. The first-order valence-corrected chi connectivity index (χ1v) is 7.16. The van der Waals surface area contributed by atoms with Crippen molar-refractivity contribution in [3.05, 3.63) is 47.7 Å². The molecule has 1 aromatic carbocycles. The Labute approximate surface area is 115 Å². The molecule has 1 heterocycles. The molecule has 0 aliphatic heterocycles. The van der Waals surface area contributed by atoms with Crippen LogP contribution in [0.3, 0.4) is 0 Å². The van der Waals surface area contributed by atoms with Crippen LogP contribution in [-0.2, 0) is 16.6 Å². The van der Waals surface area contributed by atoms with Gasteiger partial charge in [0, 0.05) is 16.6 Å². The van der Waals surface area contributed by atoms with Crippen molar-refractivity contribution in [1.29, 1.82) is 0 Å². The second kappa shape index (κ2) is 5.84. The molecular formula is C14H16N2O2S. The lowest BCUT2D eigenvalue weighted by Crippen LogP contribution is -2.02. The zero-order valence-corrected chi connectivity index (χ0v) is 11.7. The summed E-state index contributed by atoms with van der Waals surface area (Å²) in [6, 6.07) is 10.8. The summed E-state index contributed by atoms with van der Waals surface area (Å²) >= 11 is 0. The van der Waals surface area contributed by atoms with Crippen LogP contribution in [0.25, 0.3) is 0 Å². The highest BCUT2D eigenvalue weighted by atomic mass is 32.2. The summed E-state index contributed by atoms with van der Waals surface area (Å²) in [5.41, 5.74) is 8.04. The van der Waals surface area contributed by atoms with E-state index in [0.29, 0.717) is 17.3 Å². The number of aryl methyl sites for hydroxylation is 1. The molecule has 2 N–H and O–H groups in total. The maximum atomic E-state index is 12.3. The molecule has 0 amide bonds. The Morgan fingerprint density at radius 3 is 2.79 bits per heavy atom. The number of benzene rings is 1. The molecule has 0 fully saturated rings. The highest BCUT2D eigenvalue weighted by Crippen LogP contribution is 2.19. The van der Waals surface area contributed by atoms with Gasteiger partial charge in [0.1, 0.15) is 0 Å². The highest BCUT2D eigenvalue weighted by Gasteiger charge is 2.10. The molecular weight excluding hydrogens is 260 g/mol. The summed E-state index contributed by atoms with van der Waals surface area (Å²) < 4.78 is 17.4. The van der Waals surface area contributed by atoms with Crippen LogP contribution in [0.1, 0.15) is 11.3 Å². The summed E-state index contributed by atoms with van der Waals surface area (Å²) in [7, 11) is 0.425. The number of ether oxygens (including phenoxy) is 1. The molecule has 19 heavy (non-hydrogen) atoms. The van der Waals surface area contributed by atoms with Crippen LogP contribution in [0, 0.1) is 6.92 Å². The third kappa shape index (κ3) is 3.32. The summed E-state index contributed by atoms with van der Waals surface area (Å²) in [5, 5.41) is 0. The van der Waals surface area contributed by atoms with Crippen molar-refractivity contribution in [3.63, 3.8) is 0 Å². The molecule has 0 saturated carbocycles. The molecule has 0 spiro atoms. The number of rotatable bonds is 4. The van der Waals surface area contributed by atoms with Gasteiger partial charge in [-0.25, -0.2) is 4.98 Å². The van der Waals surface area contributed by atoms with Crippen LogP contribution in [0.4, 0.5) is 5.69 Å². The molecule has 4 nitrogen and oxygen atoms in total. The number of pyridine rings is 1. The van der Waals surface area contributed by atoms with Crippen molar-refractivity contribution in [3.8, 4) is 5.88 Å². The van der Waals surface area contributed by atoms with Crippen molar-refractivity contribution in [2.75, 3.05) is 12.8 Å². The van der Waals surface area contributed by atoms with Gasteiger partial charge in [-0.05, 0) is 36.8 Å². The Morgan fingerprint density at radius 2 is 2.11 bits per heavy atom. The Balaban J connectivity index is 2.20. The number of nitrogens with two attached hydrogens (primary N) is 1. The van der Waals surface area contributed by atoms with Gasteiger partial charge in [0.25, 0.3) is 0 Å². The smallest absolute Gasteiger partial charge is 0.213 e. The fraction of sp³-hybridized carbons (Fsp3) is 0.214. The van der Waals surface area contributed by atoms with Crippen LogP contribution in [-0.4, -0.2) is 16.3 Å². The van der Waals surface area contributed by atoms with Gasteiger partial charge in [0.05, 0.1) is 29.4 Å². The minimum atomic E-state index is -1.14. The Bertz CT molecular complexity index is 614.